The maximum atomic E-state index is 6.14. The summed E-state index contributed by atoms with van der Waals surface area (Å²) < 4.78 is 12.1. The van der Waals surface area contributed by atoms with Crippen LogP contribution in [0.15, 0.2) is 41.4 Å². The lowest BCUT2D eigenvalue weighted by molar-refractivity contribution is -0.0891. The summed E-state index contributed by atoms with van der Waals surface area (Å²) in [5, 5.41) is 4.42. The first-order valence-corrected chi connectivity index (χ1v) is 9.68. The summed E-state index contributed by atoms with van der Waals surface area (Å²) in [6, 6.07) is 6.80. The highest BCUT2D eigenvalue weighted by molar-refractivity contribution is 7.07. The van der Waals surface area contributed by atoms with Crippen LogP contribution in [-0.4, -0.2) is 41.8 Å². The summed E-state index contributed by atoms with van der Waals surface area (Å²) >= 11 is 1.78. The second-order valence-electron chi connectivity index (χ2n) is 6.72. The third-order valence-electron chi connectivity index (χ3n) is 5.12. The van der Waals surface area contributed by atoms with Crippen molar-refractivity contribution in [3.8, 4) is 0 Å². The minimum atomic E-state index is 0.325. The number of nitrogens with zero attached hydrogens (tertiary/aromatic N) is 2. The van der Waals surface area contributed by atoms with Gasteiger partial charge in [-0.25, -0.2) is 0 Å². The van der Waals surface area contributed by atoms with E-state index in [9.17, 15) is 0 Å². The smallest absolute Gasteiger partial charge is 0.0781 e. The van der Waals surface area contributed by atoms with Crippen LogP contribution >= 0.6 is 11.3 Å². The molecule has 1 aliphatic heterocycles. The molecule has 2 aromatic rings. The molecule has 128 valence electrons. The molecule has 3 heterocycles. The van der Waals surface area contributed by atoms with Gasteiger partial charge in [0.05, 0.1) is 25.9 Å². The van der Waals surface area contributed by atoms with Gasteiger partial charge in [0.2, 0.25) is 0 Å². The molecule has 1 saturated heterocycles. The van der Waals surface area contributed by atoms with Gasteiger partial charge in [-0.3, -0.25) is 9.88 Å². The zero-order valence-electron chi connectivity index (χ0n) is 13.8. The molecule has 0 radical (unpaired) electrons. The molecule has 0 unspecified atom stereocenters. The van der Waals surface area contributed by atoms with Gasteiger partial charge in [0.25, 0.3) is 0 Å². The third-order valence-corrected chi connectivity index (χ3v) is 5.86. The van der Waals surface area contributed by atoms with Crippen LogP contribution in [0, 0.1) is 5.92 Å². The van der Waals surface area contributed by atoms with Crippen molar-refractivity contribution in [1.82, 2.24) is 9.88 Å². The number of pyridine rings is 1. The Morgan fingerprint density at radius 1 is 1.29 bits per heavy atom. The van der Waals surface area contributed by atoms with Gasteiger partial charge in [-0.2, -0.15) is 11.3 Å². The highest BCUT2D eigenvalue weighted by Crippen LogP contribution is 2.35. The molecule has 0 aromatic carbocycles. The van der Waals surface area contributed by atoms with Crippen LogP contribution in [0.25, 0.3) is 0 Å². The minimum absolute atomic E-state index is 0.325. The maximum Gasteiger partial charge on any atom is 0.0781 e. The molecule has 2 fully saturated rings. The lowest BCUT2D eigenvalue weighted by Gasteiger charge is -2.39. The van der Waals surface area contributed by atoms with Gasteiger partial charge in [0.1, 0.15) is 0 Å². The van der Waals surface area contributed by atoms with E-state index in [-0.39, 0.29) is 0 Å². The van der Waals surface area contributed by atoms with Crippen LogP contribution in [0.3, 0.4) is 0 Å². The van der Waals surface area contributed by atoms with E-state index in [1.165, 1.54) is 18.4 Å². The summed E-state index contributed by atoms with van der Waals surface area (Å²) in [7, 11) is 0. The number of ether oxygens (including phenoxy) is 2. The molecule has 0 bridgehead atoms. The lowest BCUT2D eigenvalue weighted by atomic mass is 10.0. The molecule has 4 nitrogen and oxygen atoms in total. The SMILES string of the molecule is c1cncc(COC[C@@H]2CC[C@@H]3[C@@H]2OCCN3Cc2ccsc2)c1. The summed E-state index contributed by atoms with van der Waals surface area (Å²) in [5.41, 5.74) is 2.56. The number of hydrogen-bond acceptors (Lipinski definition) is 5. The van der Waals surface area contributed by atoms with E-state index in [0.29, 0.717) is 24.7 Å². The first kappa shape index (κ1) is 16.2. The van der Waals surface area contributed by atoms with Gasteiger partial charge >= 0.3 is 0 Å². The molecule has 3 atom stereocenters. The Bertz CT molecular complexity index is 620. The van der Waals surface area contributed by atoms with Crippen LogP contribution in [0.5, 0.6) is 0 Å². The van der Waals surface area contributed by atoms with E-state index >= 15 is 0 Å². The molecule has 2 aliphatic rings. The molecular weight excluding hydrogens is 320 g/mol. The molecule has 2 aromatic heterocycles. The molecule has 0 N–H and O–H groups in total. The van der Waals surface area contributed by atoms with E-state index in [4.69, 9.17) is 9.47 Å². The van der Waals surface area contributed by atoms with Crippen molar-refractivity contribution in [3.63, 3.8) is 0 Å². The van der Waals surface area contributed by atoms with Crippen LogP contribution in [0.2, 0.25) is 0 Å². The summed E-state index contributed by atoms with van der Waals surface area (Å²) in [5.74, 6) is 0.511. The van der Waals surface area contributed by atoms with Crippen molar-refractivity contribution in [2.24, 2.45) is 5.92 Å². The van der Waals surface area contributed by atoms with Crippen molar-refractivity contribution in [3.05, 3.63) is 52.5 Å². The second-order valence-corrected chi connectivity index (χ2v) is 7.50. The van der Waals surface area contributed by atoms with Crippen molar-refractivity contribution < 1.29 is 9.47 Å². The highest BCUT2D eigenvalue weighted by atomic mass is 32.1. The second kappa shape index (κ2) is 7.74. The lowest BCUT2D eigenvalue weighted by Crippen LogP contribution is -2.50. The Balaban J connectivity index is 1.31. The van der Waals surface area contributed by atoms with Crippen molar-refractivity contribution in [1.29, 1.82) is 0 Å². The topological polar surface area (TPSA) is 34.6 Å². The van der Waals surface area contributed by atoms with E-state index < -0.39 is 0 Å². The van der Waals surface area contributed by atoms with Gasteiger partial charge in [0.15, 0.2) is 0 Å². The molecule has 0 amide bonds. The zero-order chi connectivity index (χ0) is 16.2. The maximum absolute atomic E-state index is 6.14. The van der Waals surface area contributed by atoms with Crippen molar-refractivity contribution in [2.75, 3.05) is 19.8 Å². The molecule has 1 saturated carbocycles. The largest absolute Gasteiger partial charge is 0.376 e. The fourth-order valence-corrected chi connectivity index (χ4v) is 4.60. The first-order valence-electron chi connectivity index (χ1n) is 8.73. The Morgan fingerprint density at radius 3 is 3.12 bits per heavy atom. The predicted octanol–water partition coefficient (Wildman–Crippen LogP) is 3.34. The van der Waals surface area contributed by atoms with E-state index in [1.54, 1.807) is 17.5 Å². The van der Waals surface area contributed by atoms with Gasteiger partial charge in [0, 0.05) is 37.4 Å². The summed E-state index contributed by atoms with van der Waals surface area (Å²) in [4.78, 5) is 6.74. The van der Waals surface area contributed by atoms with Crippen LogP contribution in [-0.2, 0) is 22.6 Å². The van der Waals surface area contributed by atoms with Gasteiger partial charge in [-0.15, -0.1) is 0 Å². The average molecular weight is 344 g/mol. The van der Waals surface area contributed by atoms with Gasteiger partial charge in [-0.1, -0.05) is 6.07 Å². The standard InChI is InChI=1S/C19H24N2O2S/c1-2-15(10-20-6-1)12-22-13-17-3-4-18-19(17)23-8-7-21(18)11-16-5-9-24-14-16/h1-2,5-6,9-10,14,17-19H,3-4,7-8,11-13H2/t17-,18+,19+/m0/s1. The first-order chi connectivity index (χ1) is 11.9. The number of fused-ring (bicyclic) bond motifs is 1. The van der Waals surface area contributed by atoms with Crippen LogP contribution in [0.1, 0.15) is 24.0 Å². The molecule has 0 spiro atoms. The van der Waals surface area contributed by atoms with E-state index in [0.717, 1.165) is 31.9 Å². The Morgan fingerprint density at radius 2 is 2.29 bits per heavy atom. The number of thiophene rings is 1. The summed E-state index contributed by atoms with van der Waals surface area (Å²) in [6.45, 7) is 4.35. The highest BCUT2D eigenvalue weighted by Gasteiger charge is 2.42. The quantitative estimate of drug-likeness (QED) is 0.805. The summed E-state index contributed by atoms with van der Waals surface area (Å²) in [6.07, 6.45) is 6.41. The number of hydrogen-bond donors (Lipinski definition) is 0. The Labute approximate surface area is 147 Å². The van der Waals surface area contributed by atoms with Gasteiger partial charge in [-0.05, 0) is 46.9 Å². The Hall–Kier alpha value is -1.27. The molecule has 24 heavy (non-hydrogen) atoms. The Kier molecular flexibility index (Phi) is 5.23. The fourth-order valence-electron chi connectivity index (χ4n) is 3.94. The van der Waals surface area contributed by atoms with Gasteiger partial charge < -0.3 is 9.47 Å². The van der Waals surface area contributed by atoms with Crippen molar-refractivity contribution >= 4 is 11.3 Å². The van der Waals surface area contributed by atoms with Crippen LogP contribution < -0.4 is 0 Å². The number of morpholine rings is 1. The number of aromatic nitrogens is 1. The molecule has 1 aliphatic carbocycles. The minimum Gasteiger partial charge on any atom is -0.376 e. The monoisotopic (exact) mass is 344 g/mol. The number of rotatable bonds is 6. The fraction of sp³-hybridized carbons (Fsp3) is 0.526. The van der Waals surface area contributed by atoms with Crippen molar-refractivity contribution in [2.45, 2.75) is 38.1 Å². The predicted molar refractivity (Wildman–Crippen MR) is 94.9 cm³/mol. The van der Waals surface area contributed by atoms with E-state index in [2.05, 4.69) is 32.8 Å². The molecular formula is C19H24N2O2S. The van der Waals surface area contributed by atoms with E-state index in [1.807, 2.05) is 12.3 Å². The normalized spacial score (nSPS) is 27.2. The zero-order valence-corrected chi connectivity index (χ0v) is 14.7. The third kappa shape index (κ3) is 3.70. The average Bonchev–Trinajstić information content (AvgIpc) is 3.27. The van der Waals surface area contributed by atoms with Crippen LogP contribution in [0.4, 0.5) is 0 Å². The molecule has 5 heteroatoms. The molecule has 4 rings (SSSR count).